The van der Waals surface area contributed by atoms with E-state index in [1.54, 1.807) is 6.07 Å². The predicted octanol–water partition coefficient (Wildman–Crippen LogP) is 3.00. The summed E-state index contributed by atoms with van der Waals surface area (Å²) in [7, 11) is 1.96. The van der Waals surface area contributed by atoms with Gasteiger partial charge in [-0.05, 0) is 12.5 Å². The molecule has 0 aliphatic carbocycles. The zero-order chi connectivity index (χ0) is 22.8. The quantitative estimate of drug-likeness (QED) is 0.610. The molecule has 0 amide bonds. The molecule has 1 atom stereocenters. The number of hydrogen-bond donors (Lipinski definition) is 1. The van der Waals surface area contributed by atoms with Crippen molar-refractivity contribution in [1.82, 2.24) is 30.0 Å². The fourth-order valence-corrected chi connectivity index (χ4v) is 6.74. The minimum Gasteiger partial charge on any atom is -0.355 e. The van der Waals surface area contributed by atoms with Crippen LogP contribution in [0.4, 0.5) is 19.0 Å². The van der Waals surface area contributed by atoms with Gasteiger partial charge in [0.1, 0.15) is 17.0 Å². The van der Waals surface area contributed by atoms with Crippen LogP contribution in [0.15, 0.2) is 24.8 Å². The van der Waals surface area contributed by atoms with E-state index in [0.29, 0.717) is 16.8 Å². The van der Waals surface area contributed by atoms with Gasteiger partial charge in [0.25, 0.3) is 0 Å². The third-order valence-corrected chi connectivity index (χ3v) is 8.31. The van der Waals surface area contributed by atoms with Crippen LogP contribution in [0.5, 0.6) is 0 Å². The second kappa shape index (κ2) is 7.64. The summed E-state index contributed by atoms with van der Waals surface area (Å²) in [5.41, 5.74) is 1.49. The molecule has 3 aromatic heterocycles. The smallest absolute Gasteiger partial charge is 0.355 e. The summed E-state index contributed by atoms with van der Waals surface area (Å²) in [6.07, 6.45) is 1.52. The molecule has 3 fully saturated rings. The lowest BCUT2D eigenvalue weighted by Crippen LogP contribution is -2.62. The van der Waals surface area contributed by atoms with E-state index in [0.717, 1.165) is 68.2 Å². The number of likely N-dealkylation sites (tertiary alicyclic amines) is 1. The largest absolute Gasteiger partial charge is 0.393 e. The van der Waals surface area contributed by atoms with Crippen molar-refractivity contribution in [2.24, 2.45) is 18.4 Å². The SMILES string of the molecule is Cn1cc(C(C2CNC2)N2CC3(CCN(c4ncnc5sc(CC(F)(F)F)cc45)C3)C2)cn1. The van der Waals surface area contributed by atoms with Crippen LogP contribution in [0.25, 0.3) is 10.2 Å². The van der Waals surface area contributed by atoms with Gasteiger partial charge in [-0.2, -0.15) is 18.3 Å². The molecule has 11 heteroatoms. The average molecular weight is 478 g/mol. The maximum Gasteiger partial charge on any atom is 0.393 e. The second-order valence-electron chi connectivity index (χ2n) is 9.81. The number of halogens is 3. The fraction of sp³-hybridized carbons (Fsp3) is 0.591. The van der Waals surface area contributed by atoms with Gasteiger partial charge in [-0.15, -0.1) is 11.3 Å². The molecular weight excluding hydrogens is 451 g/mol. The van der Waals surface area contributed by atoms with Gasteiger partial charge in [0.15, 0.2) is 0 Å². The van der Waals surface area contributed by atoms with E-state index in [1.165, 1.54) is 11.9 Å². The van der Waals surface area contributed by atoms with Gasteiger partial charge in [0.2, 0.25) is 0 Å². The minimum absolute atomic E-state index is 0.208. The lowest BCUT2D eigenvalue weighted by atomic mass is 9.75. The van der Waals surface area contributed by atoms with Crippen LogP contribution in [0.2, 0.25) is 0 Å². The molecule has 33 heavy (non-hydrogen) atoms. The van der Waals surface area contributed by atoms with Crippen LogP contribution < -0.4 is 10.2 Å². The van der Waals surface area contributed by atoms with Gasteiger partial charge in [0, 0.05) is 80.3 Å². The van der Waals surface area contributed by atoms with Crippen molar-refractivity contribution < 1.29 is 13.2 Å². The number of hydrogen-bond acceptors (Lipinski definition) is 7. The molecule has 3 aliphatic rings. The number of rotatable bonds is 5. The highest BCUT2D eigenvalue weighted by molar-refractivity contribution is 7.18. The van der Waals surface area contributed by atoms with E-state index in [4.69, 9.17) is 0 Å². The number of anilines is 1. The van der Waals surface area contributed by atoms with Crippen molar-refractivity contribution >= 4 is 27.4 Å². The van der Waals surface area contributed by atoms with E-state index in [9.17, 15) is 13.2 Å². The Morgan fingerprint density at radius 2 is 2.06 bits per heavy atom. The Morgan fingerprint density at radius 3 is 2.73 bits per heavy atom. The van der Waals surface area contributed by atoms with Crippen molar-refractivity contribution in [3.8, 4) is 0 Å². The molecular formula is C22H26F3N7S. The van der Waals surface area contributed by atoms with Gasteiger partial charge in [-0.1, -0.05) is 0 Å². The highest BCUT2D eigenvalue weighted by Crippen LogP contribution is 2.47. The van der Waals surface area contributed by atoms with Gasteiger partial charge >= 0.3 is 6.18 Å². The lowest BCUT2D eigenvalue weighted by Gasteiger charge is -2.54. The lowest BCUT2D eigenvalue weighted by molar-refractivity contribution is -0.126. The summed E-state index contributed by atoms with van der Waals surface area (Å²) < 4.78 is 40.5. The van der Waals surface area contributed by atoms with Crippen LogP contribution in [-0.2, 0) is 13.5 Å². The number of nitrogens with one attached hydrogen (secondary N) is 1. The third-order valence-electron chi connectivity index (χ3n) is 7.27. The number of thiophene rings is 1. The third kappa shape index (κ3) is 3.89. The monoisotopic (exact) mass is 477 g/mol. The van der Waals surface area contributed by atoms with Crippen molar-refractivity contribution in [3.63, 3.8) is 0 Å². The van der Waals surface area contributed by atoms with E-state index < -0.39 is 12.6 Å². The molecule has 3 saturated heterocycles. The number of aromatic nitrogens is 4. The van der Waals surface area contributed by atoms with Gasteiger partial charge in [-0.3, -0.25) is 9.58 Å². The maximum absolute atomic E-state index is 12.9. The Bertz CT molecular complexity index is 1160. The first-order chi connectivity index (χ1) is 15.8. The summed E-state index contributed by atoms with van der Waals surface area (Å²) in [6.45, 7) is 5.86. The van der Waals surface area contributed by atoms with Crippen LogP contribution >= 0.6 is 11.3 Å². The normalized spacial score (nSPS) is 22.1. The summed E-state index contributed by atoms with van der Waals surface area (Å²) in [5, 5.41) is 8.53. The molecule has 0 aromatic carbocycles. The Labute approximate surface area is 193 Å². The highest BCUT2D eigenvalue weighted by atomic mass is 32.1. The summed E-state index contributed by atoms with van der Waals surface area (Å²) in [4.78, 5) is 14.5. The second-order valence-corrected chi connectivity index (χ2v) is 10.9. The molecule has 6 heterocycles. The van der Waals surface area contributed by atoms with Crippen LogP contribution in [0, 0.1) is 11.3 Å². The first kappa shape index (κ1) is 21.3. The topological polar surface area (TPSA) is 62.1 Å². The van der Waals surface area contributed by atoms with Gasteiger partial charge in [-0.25, -0.2) is 9.97 Å². The molecule has 3 aliphatic heterocycles. The highest BCUT2D eigenvalue weighted by Gasteiger charge is 2.51. The van der Waals surface area contributed by atoms with E-state index in [1.807, 2.05) is 17.9 Å². The first-order valence-corrected chi connectivity index (χ1v) is 12.1. The van der Waals surface area contributed by atoms with Crippen molar-refractivity contribution in [2.45, 2.75) is 25.1 Å². The van der Waals surface area contributed by atoms with Gasteiger partial charge in [0.05, 0.1) is 18.0 Å². The Morgan fingerprint density at radius 1 is 1.24 bits per heavy atom. The summed E-state index contributed by atoms with van der Waals surface area (Å²) >= 11 is 1.11. The Kier molecular flexibility index (Phi) is 4.93. The molecule has 0 radical (unpaired) electrons. The van der Waals surface area contributed by atoms with Crippen LogP contribution in [0.3, 0.4) is 0 Å². The zero-order valence-electron chi connectivity index (χ0n) is 18.3. The molecule has 1 spiro atoms. The number of alkyl halides is 3. The molecule has 7 nitrogen and oxygen atoms in total. The Balaban J connectivity index is 1.18. The van der Waals surface area contributed by atoms with E-state index in [2.05, 4.69) is 36.4 Å². The summed E-state index contributed by atoms with van der Waals surface area (Å²) in [6, 6.07) is 2.01. The number of aryl methyl sites for hydroxylation is 1. The zero-order valence-corrected chi connectivity index (χ0v) is 19.2. The predicted molar refractivity (Wildman–Crippen MR) is 120 cm³/mol. The molecule has 1 unspecified atom stereocenters. The average Bonchev–Trinajstić information content (AvgIpc) is 3.39. The van der Waals surface area contributed by atoms with Crippen LogP contribution in [0.1, 0.15) is 22.9 Å². The summed E-state index contributed by atoms with van der Waals surface area (Å²) in [5.74, 6) is 1.37. The van der Waals surface area contributed by atoms with Crippen molar-refractivity contribution in [3.05, 3.63) is 35.2 Å². The van der Waals surface area contributed by atoms with E-state index >= 15 is 0 Å². The minimum atomic E-state index is -4.22. The van der Waals surface area contributed by atoms with Crippen molar-refractivity contribution in [1.29, 1.82) is 0 Å². The molecule has 1 N–H and O–H groups in total. The standard InChI is InChI=1S/C22H26F3N7S/c1-30-9-15(8-29-30)18(14-6-26-7-14)32-11-21(12-32)2-3-31(10-21)19-17-4-16(5-22(23,24)25)33-20(17)28-13-27-19/h4,8-9,13-14,18,26H,2-3,5-7,10-12H2,1H3. The van der Waals surface area contributed by atoms with Crippen molar-refractivity contribution in [2.75, 3.05) is 44.2 Å². The first-order valence-electron chi connectivity index (χ1n) is 11.3. The van der Waals surface area contributed by atoms with E-state index in [-0.39, 0.29) is 10.3 Å². The van der Waals surface area contributed by atoms with Crippen LogP contribution in [-0.4, -0.2) is 70.1 Å². The number of nitrogens with zero attached hydrogens (tertiary/aromatic N) is 6. The fourth-order valence-electron chi connectivity index (χ4n) is 5.72. The molecule has 0 bridgehead atoms. The Hall–Kier alpha value is -2.24. The maximum atomic E-state index is 12.9. The molecule has 6 rings (SSSR count). The molecule has 176 valence electrons. The molecule has 0 saturated carbocycles. The number of fused-ring (bicyclic) bond motifs is 1. The molecule has 3 aromatic rings. The van der Waals surface area contributed by atoms with Gasteiger partial charge < -0.3 is 10.2 Å².